The van der Waals surface area contributed by atoms with Crippen molar-refractivity contribution >= 4 is 15.9 Å². The summed E-state index contributed by atoms with van der Waals surface area (Å²) < 4.78 is 1.16. The fourth-order valence-electron chi connectivity index (χ4n) is 1.68. The minimum Gasteiger partial charge on any atom is -0.310 e. The molecular formula is C11H13BrN. The lowest BCUT2D eigenvalue weighted by molar-refractivity contribution is 0.498. The van der Waals surface area contributed by atoms with Crippen molar-refractivity contribution in [2.75, 3.05) is 6.54 Å². The lowest BCUT2D eigenvalue weighted by atomic mass is 9.98. The third kappa shape index (κ3) is 2.32. The van der Waals surface area contributed by atoms with Gasteiger partial charge >= 0.3 is 0 Å². The van der Waals surface area contributed by atoms with Crippen LogP contribution in [0.3, 0.4) is 0 Å². The average Bonchev–Trinajstić information content (AvgIpc) is 2.19. The van der Waals surface area contributed by atoms with Crippen LogP contribution in [-0.4, -0.2) is 6.54 Å². The van der Waals surface area contributed by atoms with Crippen molar-refractivity contribution in [1.82, 2.24) is 5.32 Å². The van der Waals surface area contributed by atoms with Gasteiger partial charge in [-0.15, -0.1) is 0 Å². The third-order valence-electron chi connectivity index (χ3n) is 2.36. The predicted molar refractivity (Wildman–Crippen MR) is 58.4 cm³/mol. The lowest BCUT2D eigenvalue weighted by Gasteiger charge is -2.23. The summed E-state index contributed by atoms with van der Waals surface area (Å²) in [6, 6.07) is 8.95. The Bertz CT molecular complexity index is 279. The Morgan fingerprint density at radius 3 is 3.00 bits per heavy atom. The molecule has 1 aromatic carbocycles. The lowest BCUT2D eigenvalue weighted by Crippen LogP contribution is -2.27. The molecule has 1 aliphatic heterocycles. The molecule has 1 atom stereocenters. The molecule has 0 amide bonds. The zero-order valence-corrected chi connectivity index (χ0v) is 9.05. The number of rotatable bonds is 1. The Morgan fingerprint density at radius 1 is 1.38 bits per heavy atom. The summed E-state index contributed by atoms with van der Waals surface area (Å²) in [5, 5.41) is 3.49. The van der Waals surface area contributed by atoms with Gasteiger partial charge in [0.25, 0.3) is 0 Å². The van der Waals surface area contributed by atoms with Crippen molar-refractivity contribution in [1.29, 1.82) is 0 Å². The SMILES string of the molecule is Brc1cccc(C2[CH]CCCN2)c1. The average molecular weight is 239 g/mol. The molecule has 13 heavy (non-hydrogen) atoms. The van der Waals surface area contributed by atoms with Gasteiger partial charge in [0, 0.05) is 10.5 Å². The van der Waals surface area contributed by atoms with Gasteiger partial charge in [0.15, 0.2) is 0 Å². The Morgan fingerprint density at radius 2 is 2.31 bits per heavy atom. The second-order valence-electron chi connectivity index (χ2n) is 3.36. The van der Waals surface area contributed by atoms with Crippen LogP contribution in [0, 0.1) is 6.42 Å². The number of halogens is 1. The maximum absolute atomic E-state index is 3.49. The monoisotopic (exact) mass is 238 g/mol. The smallest absolute Gasteiger partial charge is 0.0352 e. The zero-order chi connectivity index (χ0) is 9.10. The first-order chi connectivity index (χ1) is 6.36. The standard InChI is InChI=1S/C11H13BrN/c12-10-5-3-4-9(8-10)11-6-1-2-7-13-11/h3-6,8,11,13H,1-2,7H2. The van der Waals surface area contributed by atoms with Crippen molar-refractivity contribution in [3.05, 3.63) is 40.7 Å². The van der Waals surface area contributed by atoms with Crippen molar-refractivity contribution in [2.24, 2.45) is 0 Å². The topological polar surface area (TPSA) is 12.0 Å². The number of piperidine rings is 1. The Kier molecular flexibility index (Phi) is 3.01. The molecule has 1 fully saturated rings. The van der Waals surface area contributed by atoms with E-state index in [4.69, 9.17) is 0 Å². The first kappa shape index (κ1) is 9.22. The van der Waals surface area contributed by atoms with E-state index in [2.05, 4.69) is 51.9 Å². The molecule has 1 N–H and O–H groups in total. The molecule has 0 spiro atoms. The highest BCUT2D eigenvalue weighted by Crippen LogP contribution is 2.23. The van der Waals surface area contributed by atoms with Gasteiger partial charge in [-0.1, -0.05) is 28.1 Å². The Labute approximate surface area is 87.7 Å². The summed E-state index contributed by atoms with van der Waals surface area (Å²) in [4.78, 5) is 0. The van der Waals surface area contributed by atoms with E-state index in [9.17, 15) is 0 Å². The molecule has 1 radical (unpaired) electrons. The summed E-state index contributed by atoms with van der Waals surface area (Å²) in [7, 11) is 0. The van der Waals surface area contributed by atoms with E-state index < -0.39 is 0 Å². The van der Waals surface area contributed by atoms with Crippen molar-refractivity contribution in [3.63, 3.8) is 0 Å². The first-order valence-corrected chi connectivity index (χ1v) is 5.48. The number of hydrogen-bond acceptors (Lipinski definition) is 1. The molecule has 69 valence electrons. The molecule has 0 aromatic heterocycles. The van der Waals surface area contributed by atoms with E-state index in [-0.39, 0.29) is 0 Å². The van der Waals surface area contributed by atoms with Crippen LogP contribution in [0.15, 0.2) is 28.7 Å². The van der Waals surface area contributed by atoms with Crippen LogP contribution in [0.4, 0.5) is 0 Å². The highest BCUT2D eigenvalue weighted by atomic mass is 79.9. The quantitative estimate of drug-likeness (QED) is 0.794. The normalized spacial score (nSPS) is 23.0. The van der Waals surface area contributed by atoms with E-state index in [1.165, 1.54) is 18.4 Å². The maximum Gasteiger partial charge on any atom is 0.0352 e. The minimum absolute atomic E-state index is 0.450. The van der Waals surface area contributed by atoms with Gasteiger partial charge < -0.3 is 5.32 Å². The van der Waals surface area contributed by atoms with Crippen LogP contribution < -0.4 is 5.32 Å². The Hall–Kier alpha value is -0.340. The largest absolute Gasteiger partial charge is 0.310 e. The number of nitrogens with one attached hydrogen (secondary N) is 1. The van der Waals surface area contributed by atoms with E-state index in [0.29, 0.717) is 6.04 Å². The van der Waals surface area contributed by atoms with Gasteiger partial charge in [-0.25, -0.2) is 0 Å². The predicted octanol–water partition coefficient (Wildman–Crippen LogP) is 3.08. The fourth-order valence-corrected chi connectivity index (χ4v) is 2.10. The second kappa shape index (κ2) is 4.25. The van der Waals surface area contributed by atoms with Crippen molar-refractivity contribution in [3.8, 4) is 0 Å². The minimum atomic E-state index is 0.450. The van der Waals surface area contributed by atoms with Crippen LogP contribution >= 0.6 is 15.9 Å². The van der Waals surface area contributed by atoms with Gasteiger partial charge in [-0.05, 0) is 43.5 Å². The third-order valence-corrected chi connectivity index (χ3v) is 2.85. The maximum atomic E-state index is 3.49. The van der Waals surface area contributed by atoms with E-state index >= 15 is 0 Å². The first-order valence-electron chi connectivity index (χ1n) is 4.68. The van der Waals surface area contributed by atoms with Gasteiger partial charge in [-0.3, -0.25) is 0 Å². The summed E-state index contributed by atoms with van der Waals surface area (Å²) in [6.45, 7) is 1.13. The van der Waals surface area contributed by atoms with Crippen LogP contribution in [0.1, 0.15) is 24.4 Å². The van der Waals surface area contributed by atoms with Crippen LogP contribution in [0.5, 0.6) is 0 Å². The van der Waals surface area contributed by atoms with Gasteiger partial charge in [0.1, 0.15) is 0 Å². The molecular weight excluding hydrogens is 226 g/mol. The fraction of sp³-hybridized carbons (Fsp3) is 0.364. The molecule has 2 rings (SSSR count). The van der Waals surface area contributed by atoms with E-state index in [1.807, 2.05) is 0 Å². The van der Waals surface area contributed by atoms with Gasteiger partial charge in [-0.2, -0.15) is 0 Å². The molecule has 1 saturated heterocycles. The van der Waals surface area contributed by atoms with Crippen LogP contribution in [0.25, 0.3) is 0 Å². The molecule has 1 unspecified atom stereocenters. The molecule has 1 aromatic rings. The molecule has 0 aliphatic carbocycles. The summed E-state index contributed by atoms with van der Waals surface area (Å²) in [6.07, 6.45) is 4.85. The molecule has 1 aliphatic rings. The molecule has 2 heteroatoms. The molecule has 1 heterocycles. The van der Waals surface area contributed by atoms with E-state index in [0.717, 1.165) is 11.0 Å². The van der Waals surface area contributed by atoms with Gasteiger partial charge in [0.05, 0.1) is 0 Å². The molecule has 0 saturated carbocycles. The van der Waals surface area contributed by atoms with Crippen molar-refractivity contribution < 1.29 is 0 Å². The second-order valence-corrected chi connectivity index (χ2v) is 4.28. The van der Waals surface area contributed by atoms with Gasteiger partial charge in [0.2, 0.25) is 0 Å². The van der Waals surface area contributed by atoms with E-state index in [1.54, 1.807) is 0 Å². The summed E-state index contributed by atoms with van der Waals surface area (Å²) >= 11 is 3.49. The van der Waals surface area contributed by atoms with Crippen LogP contribution in [0.2, 0.25) is 0 Å². The summed E-state index contributed by atoms with van der Waals surface area (Å²) in [5.74, 6) is 0. The highest BCUT2D eigenvalue weighted by Gasteiger charge is 2.14. The molecule has 1 nitrogen and oxygen atoms in total. The number of benzene rings is 1. The number of hydrogen-bond donors (Lipinski definition) is 1. The molecule has 0 bridgehead atoms. The van der Waals surface area contributed by atoms with Crippen LogP contribution in [-0.2, 0) is 0 Å². The Balaban J connectivity index is 2.14. The summed E-state index contributed by atoms with van der Waals surface area (Å²) in [5.41, 5.74) is 1.36. The highest BCUT2D eigenvalue weighted by molar-refractivity contribution is 9.10. The zero-order valence-electron chi connectivity index (χ0n) is 7.46. The van der Waals surface area contributed by atoms with Crippen molar-refractivity contribution in [2.45, 2.75) is 18.9 Å².